The molecule has 1 heterocycles. The van der Waals surface area contributed by atoms with Gasteiger partial charge in [0, 0.05) is 17.0 Å². The first-order valence-corrected chi connectivity index (χ1v) is 11.5. The van der Waals surface area contributed by atoms with Gasteiger partial charge in [-0.05, 0) is 79.2 Å². The Morgan fingerprint density at radius 1 is 1.03 bits per heavy atom. The van der Waals surface area contributed by atoms with Gasteiger partial charge in [-0.2, -0.15) is 0 Å². The predicted octanol–water partition coefficient (Wildman–Crippen LogP) is 4.76. The Morgan fingerprint density at radius 2 is 1.79 bits per heavy atom. The van der Waals surface area contributed by atoms with Crippen LogP contribution in [0.25, 0.3) is 0 Å². The van der Waals surface area contributed by atoms with Gasteiger partial charge in [-0.1, -0.05) is 12.1 Å². The standard InChI is InChI=1S/C22H22FNO3S2/c1-14-6-7-17(11-15(14)2)22(25)24-13-21(20-5-4-10-28-20)29(26,27)18-8-9-19(23)16(3)12-18/h4-12,21H,13H2,1-3H3,(H,24,25)/t21-/m0/s1. The van der Waals surface area contributed by atoms with E-state index in [0.717, 1.165) is 17.2 Å². The molecule has 3 aromatic rings. The first kappa shape index (κ1) is 21.2. The lowest BCUT2D eigenvalue weighted by Crippen LogP contribution is -2.31. The molecule has 0 aliphatic rings. The van der Waals surface area contributed by atoms with Gasteiger partial charge in [0.05, 0.1) is 4.90 Å². The SMILES string of the molecule is Cc1ccc(C(=O)NC[C@@H](c2cccs2)S(=O)(=O)c2ccc(F)c(C)c2)cc1C. The summed E-state index contributed by atoms with van der Waals surface area (Å²) in [5.41, 5.74) is 2.80. The maximum atomic E-state index is 13.6. The summed E-state index contributed by atoms with van der Waals surface area (Å²) < 4.78 is 40.2. The molecular weight excluding hydrogens is 409 g/mol. The van der Waals surface area contributed by atoms with Crippen molar-refractivity contribution < 1.29 is 17.6 Å². The van der Waals surface area contributed by atoms with Gasteiger partial charge in [0.1, 0.15) is 11.1 Å². The van der Waals surface area contributed by atoms with Crippen LogP contribution < -0.4 is 5.32 Å². The van der Waals surface area contributed by atoms with E-state index in [9.17, 15) is 17.6 Å². The van der Waals surface area contributed by atoms with Gasteiger partial charge in [0.2, 0.25) is 0 Å². The smallest absolute Gasteiger partial charge is 0.251 e. The summed E-state index contributed by atoms with van der Waals surface area (Å²) in [5, 5.41) is 3.59. The van der Waals surface area contributed by atoms with Crippen LogP contribution in [-0.4, -0.2) is 20.9 Å². The highest BCUT2D eigenvalue weighted by Gasteiger charge is 2.31. The number of hydrogen-bond donors (Lipinski definition) is 1. The van der Waals surface area contributed by atoms with E-state index in [-0.39, 0.29) is 22.9 Å². The van der Waals surface area contributed by atoms with Gasteiger partial charge in [-0.15, -0.1) is 11.3 Å². The molecule has 7 heteroatoms. The molecule has 0 aliphatic carbocycles. The monoisotopic (exact) mass is 431 g/mol. The zero-order chi connectivity index (χ0) is 21.2. The third-order valence-corrected chi connectivity index (χ3v) is 8.13. The van der Waals surface area contributed by atoms with Crippen molar-refractivity contribution in [1.82, 2.24) is 5.32 Å². The Bertz CT molecular complexity index is 1140. The summed E-state index contributed by atoms with van der Waals surface area (Å²) in [6.45, 7) is 5.32. The molecule has 3 rings (SSSR count). The van der Waals surface area contributed by atoms with Crippen LogP contribution in [0, 0.1) is 26.6 Å². The molecule has 0 saturated carbocycles. The Morgan fingerprint density at radius 3 is 2.41 bits per heavy atom. The number of benzene rings is 2. The fourth-order valence-corrected chi connectivity index (χ4v) is 5.83. The molecule has 152 valence electrons. The molecular formula is C22H22FNO3S2. The van der Waals surface area contributed by atoms with Crippen LogP contribution >= 0.6 is 11.3 Å². The zero-order valence-corrected chi connectivity index (χ0v) is 18.0. The fourth-order valence-electron chi connectivity index (χ4n) is 2.97. The van der Waals surface area contributed by atoms with Gasteiger partial charge in [0.25, 0.3) is 5.91 Å². The van der Waals surface area contributed by atoms with Crippen molar-refractivity contribution >= 4 is 27.1 Å². The van der Waals surface area contributed by atoms with Crippen molar-refractivity contribution in [3.05, 3.63) is 86.9 Å². The average molecular weight is 432 g/mol. The molecule has 0 spiro atoms. The molecule has 29 heavy (non-hydrogen) atoms. The minimum atomic E-state index is -3.83. The van der Waals surface area contributed by atoms with E-state index in [0.29, 0.717) is 10.4 Å². The Balaban J connectivity index is 1.89. The van der Waals surface area contributed by atoms with Gasteiger partial charge in [0.15, 0.2) is 9.84 Å². The number of sulfone groups is 1. The molecule has 0 fully saturated rings. The van der Waals surface area contributed by atoms with Crippen molar-refractivity contribution in [3.8, 4) is 0 Å². The predicted molar refractivity (Wildman–Crippen MR) is 114 cm³/mol. The molecule has 1 atom stereocenters. The van der Waals surface area contributed by atoms with E-state index in [1.54, 1.807) is 29.6 Å². The first-order valence-electron chi connectivity index (χ1n) is 9.09. The molecule has 1 N–H and O–H groups in total. The minimum Gasteiger partial charge on any atom is -0.350 e. The molecule has 0 bridgehead atoms. The number of rotatable bonds is 6. The number of halogens is 1. The normalized spacial score (nSPS) is 12.6. The highest BCUT2D eigenvalue weighted by molar-refractivity contribution is 7.91. The third-order valence-electron chi connectivity index (χ3n) is 4.91. The van der Waals surface area contributed by atoms with Crippen LogP contribution in [0.2, 0.25) is 0 Å². The molecule has 0 saturated heterocycles. The van der Waals surface area contributed by atoms with E-state index in [1.165, 1.54) is 30.4 Å². The fraction of sp³-hybridized carbons (Fsp3) is 0.227. The summed E-state index contributed by atoms with van der Waals surface area (Å²) in [6.07, 6.45) is 0. The highest BCUT2D eigenvalue weighted by atomic mass is 32.2. The summed E-state index contributed by atoms with van der Waals surface area (Å²) >= 11 is 1.31. The second-order valence-electron chi connectivity index (χ2n) is 6.97. The number of amides is 1. The average Bonchev–Trinajstić information content (AvgIpc) is 3.20. The lowest BCUT2D eigenvalue weighted by molar-refractivity contribution is 0.0953. The van der Waals surface area contributed by atoms with Crippen molar-refractivity contribution in [1.29, 1.82) is 0 Å². The molecule has 4 nitrogen and oxygen atoms in total. The van der Waals surface area contributed by atoms with Crippen LogP contribution in [0.1, 0.15) is 37.2 Å². The van der Waals surface area contributed by atoms with Crippen molar-refractivity contribution in [3.63, 3.8) is 0 Å². The lowest BCUT2D eigenvalue weighted by atomic mass is 10.1. The maximum absolute atomic E-state index is 13.6. The van der Waals surface area contributed by atoms with Gasteiger partial charge < -0.3 is 5.32 Å². The van der Waals surface area contributed by atoms with E-state index in [1.807, 2.05) is 19.9 Å². The topological polar surface area (TPSA) is 63.2 Å². The van der Waals surface area contributed by atoms with Crippen LogP contribution in [0.4, 0.5) is 4.39 Å². The number of aryl methyl sites for hydroxylation is 3. The highest BCUT2D eigenvalue weighted by Crippen LogP contribution is 2.32. The molecule has 0 radical (unpaired) electrons. The molecule has 2 aromatic carbocycles. The third kappa shape index (κ3) is 4.57. The minimum absolute atomic E-state index is 0.0372. The van der Waals surface area contributed by atoms with Crippen LogP contribution in [0.5, 0.6) is 0 Å². The number of thiophene rings is 1. The number of hydrogen-bond acceptors (Lipinski definition) is 4. The van der Waals surface area contributed by atoms with Gasteiger partial charge >= 0.3 is 0 Å². The first-order chi connectivity index (χ1) is 13.7. The number of nitrogens with one attached hydrogen (secondary N) is 1. The summed E-state index contributed by atoms with van der Waals surface area (Å²) in [6, 6.07) is 12.6. The van der Waals surface area contributed by atoms with Gasteiger partial charge in [-0.25, -0.2) is 12.8 Å². The second kappa shape index (κ2) is 8.47. The Hall–Kier alpha value is -2.51. The summed E-state index contributed by atoms with van der Waals surface area (Å²) in [4.78, 5) is 13.2. The molecule has 1 aromatic heterocycles. The van der Waals surface area contributed by atoms with Crippen LogP contribution in [0.15, 0.2) is 58.8 Å². The van der Waals surface area contributed by atoms with Gasteiger partial charge in [-0.3, -0.25) is 4.79 Å². The number of carbonyl (C=O) groups excluding carboxylic acids is 1. The molecule has 0 aliphatic heterocycles. The summed E-state index contributed by atoms with van der Waals surface area (Å²) in [5.74, 6) is -0.792. The Labute approximate surface area is 174 Å². The quantitative estimate of drug-likeness (QED) is 0.573. The molecule has 1 amide bonds. The van der Waals surface area contributed by atoms with Crippen molar-refractivity contribution in [2.45, 2.75) is 30.9 Å². The van der Waals surface area contributed by atoms with E-state index in [4.69, 9.17) is 0 Å². The van der Waals surface area contributed by atoms with Crippen LogP contribution in [0.3, 0.4) is 0 Å². The van der Waals surface area contributed by atoms with E-state index >= 15 is 0 Å². The van der Waals surface area contributed by atoms with Crippen LogP contribution in [-0.2, 0) is 9.84 Å². The summed E-state index contributed by atoms with van der Waals surface area (Å²) in [7, 11) is -3.83. The Kier molecular flexibility index (Phi) is 6.19. The second-order valence-corrected chi connectivity index (χ2v) is 10.1. The maximum Gasteiger partial charge on any atom is 0.251 e. The van der Waals surface area contributed by atoms with Crippen molar-refractivity contribution in [2.24, 2.45) is 0 Å². The number of carbonyl (C=O) groups is 1. The van der Waals surface area contributed by atoms with Crippen molar-refractivity contribution in [2.75, 3.05) is 6.54 Å². The lowest BCUT2D eigenvalue weighted by Gasteiger charge is -2.18. The zero-order valence-electron chi connectivity index (χ0n) is 16.4. The largest absolute Gasteiger partial charge is 0.350 e. The van der Waals surface area contributed by atoms with E-state index in [2.05, 4.69) is 5.32 Å². The molecule has 0 unspecified atom stereocenters. The van der Waals surface area contributed by atoms with E-state index < -0.39 is 20.9 Å².